The summed E-state index contributed by atoms with van der Waals surface area (Å²) in [5.74, 6) is 0. The van der Waals surface area contributed by atoms with Gasteiger partial charge in [-0.15, -0.1) is 0 Å². The van der Waals surface area contributed by atoms with Crippen LogP contribution in [-0.2, 0) is 6.42 Å². The minimum Gasteiger partial charge on any atom is -0.472 e. The van der Waals surface area contributed by atoms with Crippen LogP contribution in [0.4, 0.5) is 0 Å². The fourth-order valence-corrected chi connectivity index (χ4v) is 1.39. The van der Waals surface area contributed by atoms with Crippen LogP contribution >= 0.6 is 15.9 Å². The molecule has 0 aromatic carbocycles. The van der Waals surface area contributed by atoms with Crippen molar-refractivity contribution in [2.24, 2.45) is 5.41 Å². The molecular formula is C11H17BrO. The van der Waals surface area contributed by atoms with Gasteiger partial charge in [0.15, 0.2) is 0 Å². The first-order valence-electron chi connectivity index (χ1n) is 4.65. The van der Waals surface area contributed by atoms with Gasteiger partial charge in [0.05, 0.1) is 12.5 Å². The van der Waals surface area contributed by atoms with Crippen molar-refractivity contribution in [1.82, 2.24) is 0 Å². The van der Waals surface area contributed by atoms with E-state index in [9.17, 15) is 0 Å². The standard InChI is InChI=1S/C11H17BrO/c1-11(2,3)10(12)5-4-9-6-7-13-8-9/h6-8,10H,4-5H2,1-3H3. The number of rotatable bonds is 3. The molecule has 74 valence electrons. The molecule has 1 atom stereocenters. The predicted octanol–water partition coefficient (Wildman–Crippen LogP) is 4.02. The summed E-state index contributed by atoms with van der Waals surface area (Å²) in [5, 5.41) is 0. The second-order valence-electron chi connectivity index (χ2n) is 4.50. The van der Waals surface area contributed by atoms with Crippen LogP contribution in [-0.4, -0.2) is 4.83 Å². The minimum absolute atomic E-state index is 0.337. The Hall–Kier alpha value is -0.240. The molecule has 1 unspecified atom stereocenters. The predicted molar refractivity (Wildman–Crippen MR) is 59.2 cm³/mol. The zero-order chi connectivity index (χ0) is 9.90. The normalized spacial score (nSPS) is 14.5. The monoisotopic (exact) mass is 244 g/mol. The van der Waals surface area contributed by atoms with E-state index in [4.69, 9.17) is 4.42 Å². The molecule has 0 aliphatic heterocycles. The van der Waals surface area contributed by atoms with Gasteiger partial charge in [0, 0.05) is 4.83 Å². The molecule has 0 saturated heterocycles. The van der Waals surface area contributed by atoms with Gasteiger partial charge in [0.25, 0.3) is 0 Å². The average molecular weight is 245 g/mol. The highest BCUT2D eigenvalue weighted by Crippen LogP contribution is 2.29. The Morgan fingerprint density at radius 1 is 1.46 bits per heavy atom. The highest BCUT2D eigenvalue weighted by molar-refractivity contribution is 9.09. The second kappa shape index (κ2) is 4.32. The summed E-state index contributed by atoms with van der Waals surface area (Å²) < 4.78 is 5.02. The van der Waals surface area contributed by atoms with Crippen molar-refractivity contribution in [3.05, 3.63) is 24.2 Å². The Morgan fingerprint density at radius 2 is 2.15 bits per heavy atom. The Labute approximate surface area is 88.6 Å². The van der Waals surface area contributed by atoms with Gasteiger partial charge < -0.3 is 4.42 Å². The van der Waals surface area contributed by atoms with Crippen LogP contribution in [0.1, 0.15) is 32.8 Å². The Morgan fingerprint density at radius 3 is 2.62 bits per heavy atom. The molecule has 0 saturated carbocycles. The van der Waals surface area contributed by atoms with E-state index in [1.807, 2.05) is 12.3 Å². The van der Waals surface area contributed by atoms with E-state index in [0.717, 1.165) is 12.8 Å². The molecular weight excluding hydrogens is 228 g/mol. The zero-order valence-corrected chi connectivity index (χ0v) is 10.1. The molecule has 0 bridgehead atoms. The number of hydrogen-bond donors (Lipinski definition) is 0. The third-order valence-corrected chi connectivity index (χ3v) is 4.04. The number of alkyl halides is 1. The zero-order valence-electron chi connectivity index (χ0n) is 8.51. The first-order chi connectivity index (χ1) is 6.00. The molecule has 0 amide bonds. The van der Waals surface area contributed by atoms with Crippen molar-refractivity contribution in [1.29, 1.82) is 0 Å². The van der Waals surface area contributed by atoms with Crippen molar-refractivity contribution in [2.45, 2.75) is 38.4 Å². The maximum absolute atomic E-state index is 5.02. The number of halogens is 1. The van der Waals surface area contributed by atoms with E-state index in [2.05, 4.69) is 36.7 Å². The van der Waals surface area contributed by atoms with Crippen LogP contribution in [0.25, 0.3) is 0 Å². The third kappa shape index (κ3) is 3.55. The van der Waals surface area contributed by atoms with Gasteiger partial charge in [-0.2, -0.15) is 0 Å². The molecule has 0 N–H and O–H groups in total. The topological polar surface area (TPSA) is 13.1 Å². The largest absolute Gasteiger partial charge is 0.472 e. The fraction of sp³-hybridized carbons (Fsp3) is 0.636. The van der Waals surface area contributed by atoms with Crippen molar-refractivity contribution < 1.29 is 4.42 Å². The summed E-state index contributed by atoms with van der Waals surface area (Å²) in [7, 11) is 0. The number of furan rings is 1. The lowest BCUT2D eigenvalue weighted by molar-refractivity contribution is 0.385. The van der Waals surface area contributed by atoms with Crippen LogP contribution in [0, 0.1) is 5.41 Å². The van der Waals surface area contributed by atoms with Crippen molar-refractivity contribution in [3.63, 3.8) is 0 Å². The number of aryl methyl sites for hydroxylation is 1. The van der Waals surface area contributed by atoms with Gasteiger partial charge in [0.1, 0.15) is 0 Å². The lowest BCUT2D eigenvalue weighted by Crippen LogP contribution is -2.20. The summed E-state index contributed by atoms with van der Waals surface area (Å²) in [4.78, 5) is 0.565. The Kier molecular flexibility index (Phi) is 3.60. The molecule has 1 aromatic rings. The molecule has 0 radical (unpaired) electrons. The maximum Gasteiger partial charge on any atom is 0.0934 e. The van der Waals surface area contributed by atoms with Crippen LogP contribution in [0.15, 0.2) is 23.0 Å². The lowest BCUT2D eigenvalue weighted by Gasteiger charge is -2.25. The van der Waals surface area contributed by atoms with Crippen molar-refractivity contribution in [2.75, 3.05) is 0 Å². The summed E-state index contributed by atoms with van der Waals surface area (Å²) >= 11 is 3.71. The van der Waals surface area contributed by atoms with Gasteiger partial charge in [-0.25, -0.2) is 0 Å². The maximum atomic E-state index is 5.02. The molecule has 1 heterocycles. The van der Waals surface area contributed by atoms with Crippen molar-refractivity contribution >= 4 is 15.9 Å². The number of hydrogen-bond acceptors (Lipinski definition) is 1. The Balaban J connectivity index is 2.35. The van der Waals surface area contributed by atoms with E-state index in [1.54, 1.807) is 6.26 Å². The van der Waals surface area contributed by atoms with E-state index in [1.165, 1.54) is 5.56 Å². The van der Waals surface area contributed by atoms with E-state index in [-0.39, 0.29) is 0 Å². The molecule has 0 spiro atoms. The van der Waals surface area contributed by atoms with E-state index >= 15 is 0 Å². The van der Waals surface area contributed by atoms with Gasteiger partial charge in [-0.05, 0) is 29.9 Å². The van der Waals surface area contributed by atoms with Crippen LogP contribution < -0.4 is 0 Å². The molecule has 0 aliphatic rings. The fourth-order valence-electron chi connectivity index (χ4n) is 1.16. The lowest BCUT2D eigenvalue weighted by atomic mass is 9.89. The summed E-state index contributed by atoms with van der Waals surface area (Å²) in [6, 6.07) is 2.03. The first kappa shape index (κ1) is 10.8. The average Bonchev–Trinajstić information content (AvgIpc) is 2.50. The highest BCUT2D eigenvalue weighted by Gasteiger charge is 2.21. The van der Waals surface area contributed by atoms with Gasteiger partial charge in [0.2, 0.25) is 0 Å². The van der Waals surface area contributed by atoms with Crippen molar-refractivity contribution in [3.8, 4) is 0 Å². The SMILES string of the molecule is CC(C)(C)C(Br)CCc1ccoc1. The van der Waals surface area contributed by atoms with Gasteiger partial charge in [-0.1, -0.05) is 36.7 Å². The smallest absolute Gasteiger partial charge is 0.0934 e. The van der Waals surface area contributed by atoms with Crippen LogP contribution in [0.2, 0.25) is 0 Å². The quantitative estimate of drug-likeness (QED) is 0.733. The molecule has 0 aliphatic carbocycles. The Bertz CT molecular complexity index is 233. The van der Waals surface area contributed by atoms with E-state index in [0.29, 0.717) is 10.2 Å². The summed E-state index contributed by atoms with van der Waals surface area (Å²) in [5.41, 5.74) is 1.62. The molecule has 2 heteroatoms. The van der Waals surface area contributed by atoms with E-state index < -0.39 is 0 Å². The van der Waals surface area contributed by atoms with Crippen LogP contribution in [0.3, 0.4) is 0 Å². The molecule has 1 rings (SSSR count). The second-order valence-corrected chi connectivity index (χ2v) is 5.61. The van der Waals surface area contributed by atoms with Gasteiger partial charge in [-0.3, -0.25) is 0 Å². The highest BCUT2D eigenvalue weighted by atomic mass is 79.9. The third-order valence-electron chi connectivity index (χ3n) is 2.21. The summed E-state index contributed by atoms with van der Waals surface area (Å²) in [6.45, 7) is 6.76. The molecule has 1 aromatic heterocycles. The molecule has 0 fully saturated rings. The summed E-state index contributed by atoms with van der Waals surface area (Å²) in [6.07, 6.45) is 5.80. The molecule has 1 nitrogen and oxygen atoms in total. The first-order valence-corrected chi connectivity index (χ1v) is 5.57. The minimum atomic E-state index is 0.337. The van der Waals surface area contributed by atoms with Gasteiger partial charge >= 0.3 is 0 Å². The van der Waals surface area contributed by atoms with Crippen LogP contribution in [0.5, 0.6) is 0 Å². The molecule has 13 heavy (non-hydrogen) atoms.